The zero-order chi connectivity index (χ0) is 18.5. The summed E-state index contributed by atoms with van der Waals surface area (Å²) >= 11 is 0. The topological polar surface area (TPSA) is 84.7 Å². The normalized spacial score (nSPS) is 14.9. The van der Waals surface area contributed by atoms with Gasteiger partial charge < -0.3 is 19.5 Å². The minimum atomic E-state index is -0.141. The summed E-state index contributed by atoms with van der Waals surface area (Å²) in [6.07, 6.45) is 1.23. The van der Waals surface area contributed by atoms with Crippen LogP contribution in [0.5, 0.6) is 5.75 Å². The molecule has 1 saturated heterocycles. The summed E-state index contributed by atoms with van der Waals surface area (Å²) < 4.78 is 10.5. The number of hydrogen-bond donors (Lipinski definition) is 1. The Morgan fingerprint density at radius 3 is 2.69 bits per heavy atom. The highest BCUT2D eigenvalue weighted by Gasteiger charge is 2.29. The van der Waals surface area contributed by atoms with Crippen LogP contribution in [0.25, 0.3) is 0 Å². The van der Waals surface area contributed by atoms with E-state index in [0.717, 1.165) is 0 Å². The average molecular weight is 357 g/mol. The molecule has 138 valence electrons. The minimum Gasteiger partial charge on any atom is -0.493 e. The van der Waals surface area contributed by atoms with Gasteiger partial charge in [0.25, 0.3) is 5.91 Å². The van der Waals surface area contributed by atoms with Crippen LogP contribution in [0, 0.1) is 12.8 Å². The van der Waals surface area contributed by atoms with E-state index < -0.39 is 0 Å². The SMILES string of the molecule is CCOc1ccccc1C(=O)N1CCC(C(=O)Nc2cc(C)on2)CC1. The third kappa shape index (κ3) is 4.04. The van der Waals surface area contributed by atoms with Crippen molar-refractivity contribution in [3.8, 4) is 5.75 Å². The first kappa shape index (κ1) is 18.0. The van der Waals surface area contributed by atoms with Gasteiger partial charge in [0, 0.05) is 25.1 Å². The molecular weight excluding hydrogens is 334 g/mol. The van der Waals surface area contributed by atoms with Gasteiger partial charge in [-0.2, -0.15) is 0 Å². The second-order valence-electron chi connectivity index (χ2n) is 6.31. The zero-order valence-corrected chi connectivity index (χ0v) is 15.0. The van der Waals surface area contributed by atoms with Crippen LogP contribution in [-0.4, -0.2) is 41.6 Å². The number of piperidine rings is 1. The first-order valence-electron chi connectivity index (χ1n) is 8.83. The predicted molar refractivity (Wildman–Crippen MR) is 96.1 cm³/mol. The number of carbonyl (C=O) groups is 2. The van der Waals surface area contributed by atoms with E-state index in [4.69, 9.17) is 9.26 Å². The predicted octanol–water partition coefficient (Wildman–Crippen LogP) is 2.87. The van der Waals surface area contributed by atoms with Crippen molar-refractivity contribution in [3.05, 3.63) is 41.7 Å². The van der Waals surface area contributed by atoms with Crippen LogP contribution >= 0.6 is 0 Å². The number of nitrogens with one attached hydrogen (secondary N) is 1. The molecule has 1 N–H and O–H groups in total. The van der Waals surface area contributed by atoms with Gasteiger partial charge in [0.1, 0.15) is 11.5 Å². The molecule has 0 atom stereocenters. The maximum absolute atomic E-state index is 12.8. The van der Waals surface area contributed by atoms with E-state index in [1.54, 1.807) is 30.0 Å². The van der Waals surface area contributed by atoms with E-state index in [2.05, 4.69) is 10.5 Å². The molecule has 0 radical (unpaired) electrons. The molecule has 0 unspecified atom stereocenters. The van der Waals surface area contributed by atoms with Gasteiger partial charge in [0.05, 0.1) is 12.2 Å². The van der Waals surface area contributed by atoms with Crippen molar-refractivity contribution in [1.29, 1.82) is 0 Å². The molecule has 7 heteroatoms. The summed E-state index contributed by atoms with van der Waals surface area (Å²) in [6.45, 7) is 5.24. The molecule has 26 heavy (non-hydrogen) atoms. The van der Waals surface area contributed by atoms with Crippen molar-refractivity contribution in [3.63, 3.8) is 0 Å². The van der Waals surface area contributed by atoms with E-state index in [9.17, 15) is 9.59 Å². The van der Waals surface area contributed by atoms with E-state index in [0.29, 0.717) is 55.4 Å². The smallest absolute Gasteiger partial charge is 0.257 e. The quantitative estimate of drug-likeness (QED) is 0.889. The average Bonchev–Trinajstić information content (AvgIpc) is 3.07. The Balaban J connectivity index is 1.58. The lowest BCUT2D eigenvalue weighted by Crippen LogP contribution is -2.41. The highest BCUT2D eigenvalue weighted by molar-refractivity contribution is 5.97. The van der Waals surface area contributed by atoms with Crippen LogP contribution in [0.2, 0.25) is 0 Å². The molecule has 1 aliphatic heterocycles. The largest absolute Gasteiger partial charge is 0.493 e. The summed E-state index contributed by atoms with van der Waals surface area (Å²) in [4.78, 5) is 26.9. The molecule has 2 heterocycles. The standard InChI is InChI=1S/C19H23N3O4/c1-3-25-16-7-5-4-6-15(16)19(24)22-10-8-14(9-11-22)18(23)20-17-12-13(2)26-21-17/h4-7,12,14H,3,8-11H2,1-2H3,(H,20,21,23). The van der Waals surface area contributed by atoms with Gasteiger partial charge in [-0.15, -0.1) is 0 Å². The fourth-order valence-corrected chi connectivity index (χ4v) is 3.09. The summed E-state index contributed by atoms with van der Waals surface area (Å²) in [5.74, 6) is 1.39. The lowest BCUT2D eigenvalue weighted by molar-refractivity contribution is -0.121. The van der Waals surface area contributed by atoms with Crippen LogP contribution < -0.4 is 10.1 Å². The van der Waals surface area contributed by atoms with Gasteiger partial charge >= 0.3 is 0 Å². The molecule has 1 aromatic heterocycles. The van der Waals surface area contributed by atoms with Gasteiger partial charge in [0.2, 0.25) is 5.91 Å². The van der Waals surface area contributed by atoms with Gasteiger partial charge in [-0.1, -0.05) is 17.3 Å². The summed E-state index contributed by atoms with van der Waals surface area (Å²) in [5, 5.41) is 6.54. The third-order valence-electron chi connectivity index (χ3n) is 4.45. The van der Waals surface area contributed by atoms with Gasteiger partial charge in [-0.25, -0.2) is 0 Å². The van der Waals surface area contributed by atoms with Gasteiger partial charge in [-0.3, -0.25) is 9.59 Å². The Bertz CT molecular complexity index is 779. The first-order valence-corrected chi connectivity index (χ1v) is 8.83. The van der Waals surface area contributed by atoms with Gasteiger partial charge in [-0.05, 0) is 38.8 Å². The Labute approximate surface area is 152 Å². The molecule has 0 saturated carbocycles. The fraction of sp³-hybridized carbons (Fsp3) is 0.421. The maximum Gasteiger partial charge on any atom is 0.257 e. The number of carbonyl (C=O) groups excluding carboxylic acids is 2. The summed E-state index contributed by atoms with van der Waals surface area (Å²) in [5.41, 5.74) is 0.565. The second kappa shape index (κ2) is 8.03. The van der Waals surface area contributed by atoms with E-state index >= 15 is 0 Å². The number of amides is 2. The monoisotopic (exact) mass is 357 g/mol. The fourth-order valence-electron chi connectivity index (χ4n) is 3.09. The van der Waals surface area contributed by atoms with Crippen LogP contribution in [-0.2, 0) is 4.79 Å². The highest BCUT2D eigenvalue weighted by atomic mass is 16.5. The van der Waals surface area contributed by atoms with Crippen molar-refractivity contribution >= 4 is 17.6 Å². The van der Waals surface area contributed by atoms with Crippen LogP contribution in [0.3, 0.4) is 0 Å². The molecule has 0 spiro atoms. The number of rotatable bonds is 5. The lowest BCUT2D eigenvalue weighted by atomic mass is 9.95. The number of aryl methyl sites for hydroxylation is 1. The third-order valence-corrected chi connectivity index (χ3v) is 4.45. The molecule has 7 nitrogen and oxygen atoms in total. The molecule has 1 aromatic carbocycles. The Morgan fingerprint density at radius 1 is 1.31 bits per heavy atom. The first-order chi connectivity index (χ1) is 12.6. The zero-order valence-electron chi connectivity index (χ0n) is 15.0. The van der Waals surface area contributed by atoms with E-state index in [1.165, 1.54) is 0 Å². The number of ether oxygens (including phenoxy) is 1. The van der Waals surface area contributed by atoms with Crippen molar-refractivity contribution in [2.45, 2.75) is 26.7 Å². The van der Waals surface area contributed by atoms with Crippen LogP contribution in [0.1, 0.15) is 35.9 Å². The molecule has 2 aromatic rings. The van der Waals surface area contributed by atoms with Crippen molar-refractivity contribution in [2.24, 2.45) is 5.92 Å². The van der Waals surface area contributed by atoms with Crippen LogP contribution in [0.15, 0.2) is 34.9 Å². The number of para-hydroxylation sites is 1. The molecule has 1 aliphatic rings. The number of nitrogens with zero attached hydrogens (tertiary/aromatic N) is 2. The van der Waals surface area contributed by atoms with Crippen LogP contribution in [0.4, 0.5) is 5.82 Å². The molecular formula is C19H23N3O4. The number of benzene rings is 1. The molecule has 1 fully saturated rings. The molecule has 0 aliphatic carbocycles. The second-order valence-corrected chi connectivity index (χ2v) is 6.31. The minimum absolute atomic E-state index is 0.0555. The van der Waals surface area contributed by atoms with Crippen molar-refractivity contribution in [2.75, 3.05) is 25.0 Å². The highest BCUT2D eigenvalue weighted by Crippen LogP contribution is 2.24. The molecule has 0 bridgehead atoms. The molecule has 3 rings (SSSR count). The Hall–Kier alpha value is -2.83. The van der Waals surface area contributed by atoms with E-state index in [1.807, 2.05) is 19.1 Å². The number of anilines is 1. The lowest BCUT2D eigenvalue weighted by Gasteiger charge is -2.31. The number of aromatic nitrogens is 1. The maximum atomic E-state index is 12.8. The Morgan fingerprint density at radius 2 is 2.04 bits per heavy atom. The van der Waals surface area contributed by atoms with Crippen molar-refractivity contribution < 1.29 is 18.8 Å². The summed E-state index contributed by atoms with van der Waals surface area (Å²) in [7, 11) is 0. The molecule has 2 amide bonds. The van der Waals surface area contributed by atoms with E-state index in [-0.39, 0.29) is 17.7 Å². The van der Waals surface area contributed by atoms with Gasteiger partial charge in [0.15, 0.2) is 5.82 Å². The van der Waals surface area contributed by atoms with Crippen molar-refractivity contribution in [1.82, 2.24) is 10.1 Å². The Kier molecular flexibility index (Phi) is 5.55. The number of likely N-dealkylation sites (tertiary alicyclic amines) is 1. The number of hydrogen-bond acceptors (Lipinski definition) is 5. The summed E-state index contributed by atoms with van der Waals surface area (Å²) in [6, 6.07) is 8.94.